The molecule has 0 bridgehead atoms. The number of hydrogen-bond donors (Lipinski definition) is 2. The first-order valence-electron chi connectivity index (χ1n) is 9.36. The number of nitrogens with one attached hydrogen (secondary N) is 1. The van der Waals surface area contributed by atoms with Crippen LogP contribution < -0.4 is 20.5 Å². The topological polar surface area (TPSA) is 104 Å². The van der Waals surface area contributed by atoms with Gasteiger partial charge in [-0.15, -0.1) is 0 Å². The van der Waals surface area contributed by atoms with E-state index in [2.05, 4.69) is 10.3 Å². The second-order valence-corrected chi connectivity index (χ2v) is 7.25. The highest BCUT2D eigenvalue weighted by Crippen LogP contribution is 2.36. The number of alkyl halides is 2. The molecule has 2 atom stereocenters. The third-order valence-corrected chi connectivity index (χ3v) is 4.87. The minimum Gasteiger partial charge on any atom is -0.490 e. The predicted molar refractivity (Wildman–Crippen MR) is 102 cm³/mol. The maximum absolute atomic E-state index is 14.0. The van der Waals surface area contributed by atoms with Crippen LogP contribution in [0.5, 0.6) is 11.6 Å². The number of primary amides is 1. The quantitative estimate of drug-likeness (QED) is 0.734. The van der Waals surface area contributed by atoms with E-state index in [4.69, 9.17) is 15.2 Å². The molecule has 1 aromatic heterocycles. The first-order valence-corrected chi connectivity index (χ1v) is 9.36. The molecule has 0 unspecified atom stereocenters. The van der Waals surface area contributed by atoms with Gasteiger partial charge in [0.05, 0.1) is 23.6 Å². The van der Waals surface area contributed by atoms with Crippen LogP contribution in [0.2, 0.25) is 0 Å². The van der Waals surface area contributed by atoms with Gasteiger partial charge >= 0.3 is 5.92 Å². The Labute approximate surface area is 166 Å². The molecule has 1 aromatic carbocycles. The molecule has 0 radical (unpaired) electrons. The molecule has 29 heavy (non-hydrogen) atoms. The zero-order chi connectivity index (χ0) is 21.3. The Morgan fingerprint density at radius 2 is 2.10 bits per heavy atom. The third-order valence-electron chi connectivity index (χ3n) is 4.87. The fourth-order valence-electron chi connectivity index (χ4n) is 3.49. The standard InChI is InChI=1S/C20H23F2N3O4/c1-4-14-15(25-19(27)20(14,21)22)9-28-18-12-8-16(29-10(2)3)13(17(23)26)7-11(12)5-6-24-18/h5-8,10,14-15H,4,9H2,1-3H3,(H2,23,26)(H,25,27)/t14-,15+/m0/s1. The van der Waals surface area contributed by atoms with Crippen LogP contribution in [0.1, 0.15) is 37.6 Å². The van der Waals surface area contributed by atoms with Gasteiger partial charge in [0.2, 0.25) is 5.88 Å². The summed E-state index contributed by atoms with van der Waals surface area (Å²) in [7, 11) is 0. The molecule has 3 N–H and O–H groups in total. The van der Waals surface area contributed by atoms with E-state index < -0.39 is 29.7 Å². The van der Waals surface area contributed by atoms with Gasteiger partial charge in [-0.1, -0.05) is 6.92 Å². The van der Waals surface area contributed by atoms with Crippen molar-refractivity contribution in [3.8, 4) is 11.6 Å². The molecule has 7 nitrogen and oxygen atoms in total. The molecule has 9 heteroatoms. The van der Waals surface area contributed by atoms with Gasteiger partial charge in [-0.05, 0) is 43.9 Å². The summed E-state index contributed by atoms with van der Waals surface area (Å²) in [5, 5.41) is 3.47. The Bertz CT molecular complexity index is 949. The lowest BCUT2D eigenvalue weighted by molar-refractivity contribution is -0.144. The second kappa shape index (κ2) is 7.81. The highest BCUT2D eigenvalue weighted by atomic mass is 19.3. The number of carbonyl (C=O) groups excluding carboxylic acids is 2. The number of aromatic nitrogens is 1. The summed E-state index contributed by atoms with van der Waals surface area (Å²) in [5.41, 5.74) is 5.67. The number of benzene rings is 1. The van der Waals surface area contributed by atoms with Crippen molar-refractivity contribution in [2.24, 2.45) is 11.7 Å². The van der Waals surface area contributed by atoms with Gasteiger partial charge in [-0.2, -0.15) is 8.78 Å². The average Bonchev–Trinajstić information content (AvgIpc) is 2.86. The summed E-state index contributed by atoms with van der Waals surface area (Å²) in [6, 6.07) is 4.01. The van der Waals surface area contributed by atoms with Crippen molar-refractivity contribution in [3.05, 3.63) is 30.0 Å². The van der Waals surface area contributed by atoms with Gasteiger partial charge in [0, 0.05) is 11.6 Å². The van der Waals surface area contributed by atoms with Gasteiger partial charge in [0.25, 0.3) is 11.8 Å². The van der Waals surface area contributed by atoms with Crippen LogP contribution in [0, 0.1) is 5.92 Å². The molecule has 0 saturated carbocycles. The number of halogens is 2. The fourth-order valence-corrected chi connectivity index (χ4v) is 3.49. The lowest BCUT2D eigenvalue weighted by Crippen LogP contribution is -2.35. The van der Waals surface area contributed by atoms with Crippen LogP contribution in [0.15, 0.2) is 24.4 Å². The number of carbonyl (C=O) groups is 2. The fraction of sp³-hybridized carbons (Fsp3) is 0.450. The highest BCUT2D eigenvalue weighted by Gasteiger charge is 2.56. The van der Waals surface area contributed by atoms with Crippen molar-refractivity contribution in [3.63, 3.8) is 0 Å². The number of rotatable bonds is 7. The number of fused-ring (bicyclic) bond motifs is 1. The van der Waals surface area contributed by atoms with Crippen molar-refractivity contribution in [2.45, 2.75) is 45.3 Å². The third kappa shape index (κ3) is 3.94. The Morgan fingerprint density at radius 3 is 2.72 bits per heavy atom. The summed E-state index contributed by atoms with van der Waals surface area (Å²) in [6.45, 7) is 5.06. The lowest BCUT2D eigenvalue weighted by Gasteiger charge is -2.21. The maximum atomic E-state index is 14.0. The molecular formula is C20H23F2N3O4. The molecule has 1 saturated heterocycles. The van der Waals surface area contributed by atoms with Gasteiger partial charge in [-0.25, -0.2) is 4.98 Å². The first-order chi connectivity index (χ1) is 13.6. The monoisotopic (exact) mass is 407 g/mol. The molecule has 0 spiro atoms. The molecule has 1 fully saturated rings. The van der Waals surface area contributed by atoms with Crippen LogP contribution in [-0.2, 0) is 4.79 Å². The molecule has 3 rings (SSSR count). The Kier molecular flexibility index (Phi) is 5.59. The van der Waals surface area contributed by atoms with Gasteiger partial charge in [-0.3, -0.25) is 9.59 Å². The summed E-state index contributed by atoms with van der Waals surface area (Å²) in [6.07, 6.45) is 1.40. The number of nitrogens with two attached hydrogens (primary N) is 1. The second-order valence-electron chi connectivity index (χ2n) is 7.25. The van der Waals surface area contributed by atoms with Crippen molar-refractivity contribution in [2.75, 3.05) is 6.61 Å². The van der Waals surface area contributed by atoms with Crippen LogP contribution in [0.25, 0.3) is 10.8 Å². The van der Waals surface area contributed by atoms with E-state index in [1.165, 1.54) is 6.20 Å². The van der Waals surface area contributed by atoms with E-state index in [0.717, 1.165) is 0 Å². The number of ether oxygens (including phenoxy) is 2. The Hall–Kier alpha value is -2.97. The molecule has 0 aliphatic carbocycles. The lowest BCUT2D eigenvalue weighted by atomic mass is 9.95. The van der Waals surface area contributed by atoms with Crippen molar-refractivity contribution in [1.29, 1.82) is 0 Å². The molecular weight excluding hydrogens is 384 g/mol. The minimum atomic E-state index is -3.43. The molecule has 1 aliphatic heterocycles. The van der Waals surface area contributed by atoms with Gasteiger partial charge in [0.15, 0.2) is 0 Å². The van der Waals surface area contributed by atoms with E-state index in [1.54, 1.807) is 25.1 Å². The summed E-state index contributed by atoms with van der Waals surface area (Å²) >= 11 is 0. The van der Waals surface area contributed by atoms with Crippen LogP contribution in [-0.4, -0.2) is 41.5 Å². The van der Waals surface area contributed by atoms with Crippen LogP contribution in [0.4, 0.5) is 8.78 Å². The number of pyridine rings is 1. The van der Waals surface area contributed by atoms with Crippen molar-refractivity contribution in [1.82, 2.24) is 10.3 Å². The first kappa shape index (κ1) is 20.8. The summed E-state index contributed by atoms with van der Waals surface area (Å²) in [4.78, 5) is 27.5. The van der Waals surface area contributed by atoms with Crippen molar-refractivity contribution >= 4 is 22.6 Å². The van der Waals surface area contributed by atoms with Crippen molar-refractivity contribution < 1.29 is 27.8 Å². The highest BCUT2D eigenvalue weighted by molar-refractivity contribution is 6.01. The van der Waals surface area contributed by atoms with Crippen LogP contribution >= 0.6 is 0 Å². The van der Waals surface area contributed by atoms with E-state index in [0.29, 0.717) is 10.8 Å². The number of hydrogen-bond acceptors (Lipinski definition) is 5. The maximum Gasteiger partial charge on any atom is 0.329 e. The van der Waals surface area contributed by atoms with Crippen LogP contribution in [0.3, 0.4) is 0 Å². The molecule has 2 amide bonds. The molecule has 2 aromatic rings. The van der Waals surface area contributed by atoms with Gasteiger partial charge < -0.3 is 20.5 Å². The largest absolute Gasteiger partial charge is 0.490 e. The SMILES string of the molecule is CC[C@H]1[C@@H](COc2nccc3cc(C(N)=O)c(OC(C)C)cc23)NC(=O)C1(F)F. The Balaban J connectivity index is 1.92. The molecule has 1 aliphatic rings. The minimum absolute atomic E-state index is 0.122. The Morgan fingerprint density at radius 1 is 1.38 bits per heavy atom. The zero-order valence-electron chi connectivity index (χ0n) is 16.4. The van der Waals surface area contributed by atoms with E-state index in [9.17, 15) is 18.4 Å². The smallest absolute Gasteiger partial charge is 0.329 e. The zero-order valence-corrected chi connectivity index (χ0v) is 16.4. The van der Waals surface area contributed by atoms with E-state index >= 15 is 0 Å². The van der Waals surface area contributed by atoms with E-state index in [1.807, 2.05) is 13.8 Å². The summed E-state index contributed by atoms with van der Waals surface area (Å²) < 4.78 is 39.4. The molecule has 156 valence electrons. The normalized spacial score (nSPS) is 20.7. The molecule has 2 heterocycles. The van der Waals surface area contributed by atoms with E-state index in [-0.39, 0.29) is 36.3 Å². The number of amides is 2. The average molecular weight is 407 g/mol. The van der Waals surface area contributed by atoms with Gasteiger partial charge in [0.1, 0.15) is 12.4 Å². The summed E-state index contributed by atoms with van der Waals surface area (Å²) in [5.74, 6) is -6.04. The number of nitrogens with zero attached hydrogens (tertiary/aromatic N) is 1. The predicted octanol–water partition coefficient (Wildman–Crippen LogP) is 2.66.